The fourth-order valence-electron chi connectivity index (χ4n) is 2.92. The Bertz CT molecular complexity index is 174. The summed E-state index contributed by atoms with van der Waals surface area (Å²) < 4.78 is 0. The number of hydrogen-bond donors (Lipinski definition) is 1. The Labute approximate surface area is 108 Å². The van der Waals surface area contributed by atoms with Crippen LogP contribution in [-0.2, 0) is 0 Å². The van der Waals surface area contributed by atoms with Gasteiger partial charge in [0, 0.05) is 6.04 Å². The molecule has 0 aromatic heterocycles. The summed E-state index contributed by atoms with van der Waals surface area (Å²) in [4.78, 5) is 2.73. The van der Waals surface area contributed by atoms with Crippen molar-refractivity contribution >= 4 is 0 Å². The Morgan fingerprint density at radius 3 is 2.29 bits per heavy atom. The predicted octanol–water partition coefficient (Wildman–Crippen LogP) is 3.41. The highest BCUT2D eigenvalue weighted by Crippen LogP contribution is 2.23. The molecule has 0 aromatic rings. The predicted molar refractivity (Wildman–Crippen MR) is 76.2 cm³/mol. The van der Waals surface area contributed by atoms with E-state index in [4.69, 9.17) is 5.73 Å². The molecule has 2 nitrogen and oxygen atoms in total. The standard InChI is InChI=1S/C15H32N2/c1-14(2)8-6-12-17(13-7-11-16)15-9-4-3-5-10-15/h14-15H,3-13,16H2,1-2H3. The Kier molecular flexibility index (Phi) is 7.87. The maximum Gasteiger partial charge on any atom is 0.00952 e. The summed E-state index contributed by atoms with van der Waals surface area (Å²) in [5.74, 6) is 0.845. The number of nitrogens with two attached hydrogens (primary N) is 1. The topological polar surface area (TPSA) is 29.3 Å². The molecule has 1 fully saturated rings. The van der Waals surface area contributed by atoms with Crippen LogP contribution in [0.5, 0.6) is 0 Å². The molecule has 102 valence electrons. The van der Waals surface area contributed by atoms with Crippen LogP contribution in [0.25, 0.3) is 0 Å². The Balaban J connectivity index is 2.30. The average molecular weight is 240 g/mol. The average Bonchev–Trinajstić information content (AvgIpc) is 2.34. The van der Waals surface area contributed by atoms with Crippen LogP contribution >= 0.6 is 0 Å². The van der Waals surface area contributed by atoms with Crippen LogP contribution in [0.1, 0.15) is 65.2 Å². The minimum Gasteiger partial charge on any atom is -0.330 e. The van der Waals surface area contributed by atoms with Gasteiger partial charge in [-0.25, -0.2) is 0 Å². The van der Waals surface area contributed by atoms with Crippen molar-refractivity contribution in [1.29, 1.82) is 0 Å². The summed E-state index contributed by atoms with van der Waals surface area (Å²) in [6.07, 6.45) is 11.1. The third kappa shape index (κ3) is 6.42. The smallest absolute Gasteiger partial charge is 0.00952 e. The first-order chi connectivity index (χ1) is 8.24. The second kappa shape index (κ2) is 8.93. The zero-order valence-electron chi connectivity index (χ0n) is 12.0. The summed E-state index contributed by atoms with van der Waals surface area (Å²) in [7, 11) is 0. The van der Waals surface area contributed by atoms with Crippen LogP contribution in [0.15, 0.2) is 0 Å². The van der Waals surface area contributed by atoms with Gasteiger partial charge in [0.25, 0.3) is 0 Å². The van der Waals surface area contributed by atoms with Crippen LogP contribution < -0.4 is 5.73 Å². The van der Waals surface area contributed by atoms with Crippen LogP contribution in [0.4, 0.5) is 0 Å². The molecule has 0 bridgehead atoms. The molecule has 0 heterocycles. The van der Waals surface area contributed by atoms with Gasteiger partial charge in [0.2, 0.25) is 0 Å². The van der Waals surface area contributed by atoms with Gasteiger partial charge in [-0.15, -0.1) is 0 Å². The molecule has 17 heavy (non-hydrogen) atoms. The number of hydrogen-bond acceptors (Lipinski definition) is 2. The van der Waals surface area contributed by atoms with Gasteiger partial charge in [-0.2, -0.15) is 0 Å². The Morgan fingerprint density at radius 1 is 1.06 bits per heavy atom. The zero-order valence-corrected chi connectivity index (χ0v) is 12.0. The van der Waals surface area contributed by atoms with Crippen molar-refractivity contribution in [3.63, 3.8) is 0 Å². The monoisotopic (exact) mass is 240 g/mol. The molecular weight excluding hydrogens is 208 g/mol. The highest BCUT2D eigenvalue weighted by Gasteiger charge is 2.20. The molecule has 2 heteroatoms. The van der Waals surface area contributed by atoms with Gasteiger partial charge in [0.05, 0.1) is 0 Å². The van der Waals surface area contributed by atoms with Crippen LogP contribution in [-0.4, -0.2) is 30.6 Å². The first kappa shape index (κ1) is 15.0. The fourth-order valence-corrected chi connectivity index (χ4v) is 2.92. The van der Waals surface area contributed by atoms with Crippen molar-refractivity contribution in [2.75, 3.05) is 19.6 Å². The lowest BCUT2D eigenvalue weighted by molar-refractivity contribution is 0.150. The van der Waals surface area contributed by atoms with E-state index in [1.165, 1.54) is 58.0 Å². The third-order valence-corrected chi connectivity index (χ3v) is 3.97. The van der Waals surface area contributed by atoms with Crippen molar-refractivity contribution in [2.45, 2.75) is 71.3 Å². The molecule has 0 atom stereocenters. The lowest BCUT2D eigenvalue weighted by Gasteiger charge is -2.34. The highest BCUT2D eigenvalue weighted by molar-refractivity contribution is 4.76. The molecule has 0 aromatic carbocycles. The van der Waals surface area contributed by atoms with E-state index >= 15 is 0 Å². The largest absolute Gasteiger partial charge is 0.330 e. The van der Waals surface area contributed by atoms with Crippen molar-refractivity contribution in [1.82, 2.24) is 4.90 Å². The first-order valence-corrected chi connectivity index (χ1v) is 7.68. The minimum atomic E-state index is 0.841. The van der Waals surface area contributed by atoms with E-state index in [-0.39, 0.29) is 0 Å². The molecule has 2 N–H and O–H groups in total. The van der Waals surface area contributed by atoms with Crippen molar-refractivity contribution < 1.29 is 0 Å². The lowest BCUT2D eigenvalue weighted by atomic mass is 9.93. The van der Waals surface area contributed by atoms with E-state index < -0.39 is 0 Å². The van der Waals surface area contributed by atoms with Crippen molar-refractivity contribution in [3.8, 4) is 0 Å². The van der Waals surface area contributed by atoms with Crippen LogP contribution in [0.3, 0.4) is 0 Å². The van der Waals surface area contributed by atoms with Gasteiger partial charge in [-0.3, -0.25) is 0 Å². The molecule has 0 unspecified atom stereocenters. The van der Waals surface area contributed by atoms with E-state index in [9.17, 15) is 0 Å². The molecule has 1 aliphatic carbocycles. The second-order valence-electron chi connectivity index (χ2n) is 6.01. The van der Waals surface area contributed by atoms with Gasteiger partial charge in [0.15, 0.2) is 0 Å². The van der Waals surface area contributed by atoms with E-state index in [0.29, 0.717) is 0 Å². The van der Waals surface area contributed by atoms with Crippen molar-refractivity contribution in [2.24, 2.45) is 11.7 Å². The van der Waals surface area contributed by atoms with Crippen molar-refractivity contribution in [3.05, 3.63) is 0 Å². The first-order valence-electron chi connectivity index (χ1n) is 7.68. The maximum atomic E-state index is 5.66. The SMILES string of the molecule is CC(C)CCCN(CCCN)C1CCCCC1. The lowest BCUT2D eigenvalue weighted by Crippen LogP contribution is -2.38. The second-order valence-corrected chi connectivity index (χ2v) is 6.01. The quantitative estimate of drug-likeness (QED) is 0.704. The van der Waals surface area contributed by atoms with E-state index in [2.05, 4.69) is 18.7 Å². The maximum absolute atomic E-state index is 5.66. The molecule has 1 saturated carbocycles. The normalized spacial score (nSPS) is 18.2. The Morgan fingerprint density at radius 2 is 1.71 bits per heavy atom. The van der Waals surface area contributed by atoms with E-state index in [1.807, 2.05) is 0 Å². The minimum absolute atomic E-state index is 0.841. The summed E-state index contributed by atoms with van der Waals surface area (Å²) >= 11 is 0. The van der Waals surface area contributed by atoms with Gasteiger partial charge in [0.1, 0.15) is 0 Å². The highest BCUT2D eigenvalue weighted by atomic mass is 15.1. The summed E-state index contributed by atoms with van der Waals surface area (Å²) in [6, 6.07) is 0.863. The van der Waals surface area contributed by atoms with Gasteiger partial charge in [-0.05, 0) is 57.7 Å². The summed E-state index contributed by atoms with van der Waals surface area (Å²) in [6.45, 7) is 8.01. The number of rotatable bonds is 8. The summed E-state index contributed by atoms with van der Waals surface area (Å²) in [5.41, 5.74) is 5.66. The van der Waals surface area contributed by atoms with E-state index in [1.54, 1.807) is 0 Å². The molecule has 0 aliphatic heterocycles. The van der Waals surface area contributed by atoms with E-state index in [0.717, 1.165) is 24.9 Å². The molecule has 1 aliphatic rings. The summed E-state index contributed by atoms with van der Waals surface area (Å²) in [5, 5.41) is 0. The third-order valence-electron chi connectivity index (χ3n) is 3.97. The van der Waals surface area contributed by atoms with Gasteiger partial charge >= 0.3 is 0 Å². The molecular formula is C15H32N2. The molecule has 0 spiro atoms. The van der Waals surface area contributed by atoms with Crippen LogP contribution in [0, 0.1) is 5.92 Å². The van der Waals surface area contributed by atoms with Gasteiger partial charge in [-0.1, -0.05) is 33.1 Å². The molecule has 0 amide bonds. The zero-order chi connectivity index (χ0) is 12.5. The van der Waals surface area contributed by atoms with Crippen LogP contribution in [0.2, 0.25) is 0 Å². The van der Waals surface area contributed by atoms with Gasteiger partial charge < -0.3 is 10.6 Å². The Hall–Kier alpha value is -0.0800. The molecule has 0 saturated heterocycles. The molecule has 1 rings (SSSR count). The fraction of sp³-hybridized carbons (Fsp3) is 1.00. The molecule has 0 radical (unpaired) electrons. The number of nitrogens with zero attached hydrogens (tertiary/aromatic N) is 1.